The first-order valence-electron chi connectivity index (χ1n) is 8.04. The molecule has 0 unspecified atom stereocenters. The number of anilines is 1. The molecular weight excluding hydrogens is 409 g/mol. The fourth-order valence-electron chi connectivity index (χ4n) is 5.00. The number of para-hydroxylation sites is 1. The highest BCUT2D eigenvalue weighted by Gasteiger charge is 2.48. The van der Waals surface area contributed by atoms with E-state index in [2.05, 4.69) is 40.0 Å². The molecule has 120 valence electrons. The highest BCUT2D eigenvalue weighted by molar-refractivity contribution is 14.1. The molecule has 5 rings (SSSR count). The summed E-state index contributed by atoms with van der Waals surface area (Å²) in [7, 11) is 0. The predicted molar refractivity (Wildman–Crippen MR) is 102 cm³/mol. The van der Waals surface area contributed by atoms with Gasteiger partial charge in [0.05, 0.1) is 11.7 Å². The van der Waals surface area contributed by atoms with Gasteiger partial charge in [-0.3, -0.25) is 0 Å². The second-order valence-electron chi connectivity index (χ2n) is 7.04. The minimum absolute atomic E-state index is 0. The van der Waals surface area contributed by atoms with Crippen LogP contribution in [0.3, 0.4) is 0 Å². The van der Waals surface area contributed by atoms with Gasteiger partial charge in [-0.25, -0.2) is 4.99 Å². The largest absolute Gasteiger partial charge is 0.370 e. The van der Waals surface area contributed by atoms with Crippen molar-refractivity contribution < 1.29 is 0 Å². The normalized spacial score (nSPS) is 36.0. The fraction of sp³-hybridized carbons (Fsp3) is 0.588. The van der Waals surface area contributed by atoms with Crippen LogP contribution in [0.15, 0.2) is 29.3 Å². The van der Waals surface area contributed by atoms with E-state index in [1.807, 2.05) is 12.1 Å². The van der Waals surface area contributed by atoms with Gasteiger partial charge >= 0.3 is 0 Å². The summed E-state index contributed by atoms with van der Waals surface area (Å²) < 4.78 is 1.18. The third kappa shape index (κ3) is 3.09. The lowest BCUT2D eigenvalue weighted by atomic mass is 9.54. The Kier molecular flexibility index (Phi) is 4.88. The quantitative estimate of drug-likeness (QED) is 0.417. The molecule has 22 heavy (non-hydrogen) atoms. The number of nitrogens with zero attached hydrogens (tertiary/aromatic N) is 1. The van der Waals surface area contributed by atoms with Crippen LogP contribution in [-0.2, 0) is 0 Å². The van der Waals surface area contributed by atoms with Crippen molar-refractivity contribution in [2.24, 2.45) is 34.4 Å². The van der Waals surface area contributed by atoms with E-state index >= 15 is 0 Å². The molecule has 5 heteroatoms. The van der Waals surface area contributed by atoms with Gasteiger partial charge in [0.1, 0.15) is 0 Å². The van der Waals surface area contributed by atoms with Crippen molar-refractivity contribution in [1.29, 1.82) is 0 Å². The number of benzene rings is 1. The maximum absolute atomic E-state index is 6.19. The van der Waals surface area contributed by atoms with Gasteiger partial charge in [-0.05, 0) is 90.5 Å². The first-order valence-corrected chi connectivity index (χ1v) is 9.11. The SMILES string of the molecule is Cl.NC(=NC1C2CC3CC(C2)CC1C3)Nc1ccccc1I. The van der Waals surface area contributed by atoms with E-state index in [9.17, 15) is 0 Å². The van der Waals surface area contributed by atoms with E-state index in [4.69, 9.17) is 10.7 Å². The van der Waals surface area contributed by atoms with Crippen LogP contribution in [0.1, 0.15) is 32.1 Å². The number of hydrogen-bond donors (Lipinski definition) is 2. The van der Waals surface area contributed by atoms with Crippen molar-refractivity contribution in [2.45, 2.75) is 38.1 Å². The summed E-state index contributed by atoms with van der Waals surface area (Å²) in [6.07, 6.45) is 7.03. The van der Waals surface area contributed by atoms with Crippen LogP contribution < -0.4 is 11.1 Å². The summed E-state index contributed by atoms with van der Waals surface area (Å²) in [5, 5.41) is 3.29. The molecule has 3 N–H and O–H groups in total. The second kappa shape index (κ2) is 6.56. The number of rotatable bonds is 2. The van der Waals surface area contributed by atoms with Gasteiger partial charge in [-0.2, -0.15) is 0 Å². The number of aliphatic imine (C=N–C) groups is 1. The minimum Gasteiger partial charge on any atom is -0.370 e. The van der Waals surface area contributed by atoms with E-state index in [1.54, 1.807) is 0 Å². The van der Waals surface area contributed by atoms with Crippen LogP contribution in [0.25, 0.3) is 0 Å². The molecule has 1 aromatic carbocycles. The van der Waals surface area contributed by atoms with Crippen LogP contribution in [-0.4, -0.2) is 12.0 Å². The lowest BCUT2D eigenvalue weighted by Crippen LogP contribution is -2.48. The van der Waals surface area contributed by atoms with Crippen molar-refractivity contribution in [3.63, 3.8) is 0 Å². The average molecular weight is 432 g/mol. The Balaban J connectivity index is 0.00000144. The summed E-state index contributed by atoms with van der Waals surface area (Å²) in [5.74, 6) is 4.15. The lowest BCUT2D eigenvalue weighted by Gasteiger charge is -2.53. The van der Waals surface area contributed by atoms with E-state index in [0.29, 0.717) is 12.0 Å². The van der Waals surface area contributed by atoms with Crippen LogP contribution in [0.5, 0.6) is 0 Å². The van der Waals surface area contributed by atoms with Gasteiger partial charge in [-0.1, -0.05) is 12.1 Å². The smallest absolute Gasteiger partial charge is 0.193 e. The maximum atomic E-state index is 6.19. The third-order valence-electron chi connectivity index (χ3n) is 5.60. The van der Waals surface area contributed by atoms with Gasteiger partial charge < -0.3 is 11.1 Å². The van der Waals surface area contributed by atoms with E-state index in [1.165, 1.54) is 35.7 Å². The first kappa shape index (κ1) is 16.4. The summed E-state index contributed by atoms with van der Waals surface area (Å²) in [6, 6.07) is 8.67. The molecular formula is C17H23ClIN3. The number of hydrogen-bond acceptors (Lipinski definition) is 1. The standard InChI is InChI=1S/C17H22IN3.ClH/c18-14-3-1-2-4-15(14)20-17(19)21-16-12-6-10-5-11(8-12)9-13(16)7-10;/h1-4,10-13,16H,5-9H2,(H3,19,20,21);1H. The topological polar surface area (TPSA) is 50.4 Å². The number of nitrogens with one attached hydrogen (secondary N) is 1. The second-order valence-corrected chi connectivity index (χ2v) is 8.20. The van der Waals surface area contributed by atoms with Crippen molar-refractivity contribution in [1.82, 2.24) is 0 Å². The maximum Gasteiger partial charge on any atom is 0.193 e. The fourth-order valence-corrected chi connectivity index (χ4v) is 5.52. The molecule has 4 bridgehead atoms. The molecule has 3 nitrogen and oxygen atoms in total. The Morgan fingerprint density at radius 1 is 1.05 bits per heavy atom. The molecule has 0 radical (unpaired) electrons. The zero-order valence-electron chi connectivity index (χ0n) is 12.5. The molecule has 4 aliphatic carbocycles. The molecule has 0 heterocycles. The van der Waals surface area contributed by atoms with E-state index in [0.717, 1.165) is 29.4 Å². The monoisotopic (exact) mass is 431 g/mol. The lowest BCUT2D eigenvalue weighted by molar-refractivity contribution is 0.00124. The average Bonchev–Trinajstić information content (AvgIpc) is 2.44. The summed E-state index contributed by atoms with van der Waals surface area (Å²) in [6.45, 7) is 0. The van der Waals surface area contributed by atoms with Gasteiger partial charge in [0.2, 0.25) is 0 Å². The van der Waals surface area contributed by atoms with Crippen LogP contribution in [0, 0.1) is 27.2 Å². The molecule has 0 saturated heterocycles. The van der Waals surface area contributed by atoms with Crippen molar-refractivity contribution in [3.05, 3.63) is 27.8 Å². The van der Waals surface area contributed by atoms with Gasteiger partial charge in [-0.15, -0.1) is 12.4 Å². The Hall–Kier alpha value is -0.490. The van der Waals surface area contributed by atoms with Gasteiger partial charge in [0, 0.05) is 3.57 Å². The van der Waals surface area contributed by atoms with Crippen LogP contribution in [0.2, 0.25) is 0 Å². The highest BCUT2D eigenvalue weighted by atomic mass is 127. The molecule has 4 aliphatic rings. The van der Waals surface area contributed by atoms with Crippen LogP contribution >= 0.6 is 35.0 Å². The Morgan fingerprint density at radius 2 is 1.64 bits per heavy atom. The summed E-state index contributed by atoms with van der Waals surface area (Å²) >= 11 is 2.33. The molecule has 0 aromatic heterocycles. The molecule has 4 saturated carbocycles. The Morgan fingerprint density at radius 3 is 2.23 bits per heavy atom. The molecule has 1 aromatic rings. The van der Waals surface area contributed by atoms with Gasteiger partial charge in [0.25, 0.3) is 0 Å². The Labute approximate surface area is 152 Å². The number of halogens is 2. The van der Waals surface area contributed by atoms with E-state index in [-0.39, 0.29) is 12.4 Å². The predicted octanol–water partition coefficient (Wildman–Crippen LogP) is 4.26. The molecule has 0 spiro atoms. The minimum atomic E-state index is 0. The zero-order valence-corrected chi connectivity index (χ0v) is 15.5. The van der Waals surface area contributed by atoms with Crippen molar-refractivity contribution >= 4 is 46.6 Å². The zero-order chi connectivity index (χ0) is 14.4. The van der Waals surface area contributed by atoms with E-state index < -0.39 is 0 Å². The van der Waals surface area contributed by atoms with Crippen molar-refractivity contribution in [2.75, 3.05) is 5.32 Å². The number of nitrogens with two attached hydrogens (primary N) is 1. The van der Waals surface area contributed by atoms with Crippen LogP contribution in [0.4, 0.5) is 5.69 Å². The molecule has 0 atom stereocenters. The molecule has 4 fully saturated rings. The highest BCUT2D eigenvalue weighted by Crippen LogP contribution is 2.54. The Bertz CT molecular complexity index is 547. The van der Waals surface area contributed by atoms with Crippen molar-refractivity contribution in [3.8, 4) is 0 Å². The number of guanidine groups is 1. The molecule has 0 amide bonds. The third-order valence-corrected chi connectivity index (χ3v) is 6.54. The van der Waals surface area contributed by atoms with Gasteiger partial charge in [0.15, 0.2) is 5.96 Å². The summed E-state index contributed by atoms with van der Waals surface area (Å²) in [5.41, 5.74) is 7.25. The first-order chi connectivity index (χ1) is 10.2. The summed E-state index contributed by atoms with van der Waals surface area (Å²) in [4.78, 5) is 4.89. The molecule has 0 aliphatic heterocycles.